The van der Waals surface area contributed by atoms with Crippen LogP contribution in [0.4, 0.5) is 5.69 Å². The van der Waals surface area contributed by atoms with E-state index in [1.165, 1.54) is 0 Å². The van der Waals surface area contributed by atoms with Crippen LogP contribution in [-0.4, -0.2) is 17.6 Å². The van der Waals surface area contributed by atoms with E-state index in [9.17, 15) is 9.90 Å². The minimum Gasteiger partial charge on any atom is -0.504 e. The van der Waals surface area contributed by atoms with Crippen LogP contribution < -0.4 is 4.90 Å². The molecule has 0 bridgehead atoms. The summed E-state index contributed by atoms with van der Waals surface area (Å²) in [5, 5.41) is 10.0. The molecule has 0 aromatic heterocycles. The molecule has 84 valence electrons. The number of rotatable bonds is 2. The number of carbonyl (C=O) groups excluding carboxylic acids is 1. The average molecular weight is 238 g/mol. The van der Waals surface area contributed by atoms with Gasteiger partial charge in [0.25, 0.3) is 0 Å². The first-order valence-corrected chi connectivity index (χ1v) is 5.41. The van der Waals surface area contributed by atoms with Crippen LogP contribution in [0.3, 0.4) is 0 Å². The number of phenols is 1. The number of amides is 1. The van der Waals surface area contributed by atoms with Crippen LogP contribution in [0.1, 0.15) is 6.42 Å². The Morgan fingerprint density at radius 1 is 1.56 bits per heavy atom. The Morgan fingerprint density at radius 3 is 2.94 bits per heavy atom. The molecule has 2 rings (SSSR count). The number of aromatic hydroxyl groups is 1. The van der Waals surface area contributed by atoms with E-state index in [-0.39, 0.29) is 22.6 Å². The first-order chi connectivity index (χ1) is 7.63. The first kappa shape index (κ1) is 11.0. The fraction of sp³-hybridized carbons (Fsp3) is 0.250. The van der Waals surface area contributed by atoms with E-state index in [2.05, 4.69) is 6.58 Å². The molecule has 1 saturated heterocycles. The summed E-state index contributed by atoms with van der Waals surface area (Å²) >= 11 is 5.80. The Morgan fingerprint density at radius 2 is 2.31 bits per heavy atom. The molecule has 3 nitrogen and oxygen atoms in total. The fourth-order valence-corrected chi connectivity index (χ4v) is 2.02. The summed E-state index contributed by atoms with van der Waals surface area (Å²) in [6.45, 7) is 4.23. The molecule has 1 N–H and O–H groups in total. The zero-order valence-corrected chi connectivity index (χ0v) is 9.44. The monoisotopic (exact) mass is 237 g/mol. The SMILES string of the molecule is C=CC1CC(=O)N(c2cccc(Cl)c2O)C1. The van der Waals surface area contributed by atoms with Gasteiger partial charge in [0.2, 0.25) is 5.91 Å². The summed E-state index contributed by atoms with van der Waals surface area (Å²) in [5.74, 6) is 0.0931. The lowest BCUT2D eigenvalue weighted by molar-refractivity contribution is -0.117. The van der Waals surface area contributed by atoms with Crippen LogP contribution in [0.2, 0.25) is 5.02 Å². The van der Waals surface area contributed by atoms with Crippen molar-refractivity contribution < 1.29 is 9.90 Å². The van der Waals surface area contributed by atoms with E-state index in [0.29, 0.717) is 18.7 Å². The van der Waals surface area contributed by atoms with Crippen molar-refractivity contribution in [1.29, 1.82) is 0 Å². The third-order valence-corrected chi connectivity index (χ3v) is 3.05. The number of nitrogens with zero attached hydrogens (tertiary/aromatic N) is 1. The molecule has 1 aliphatic rings. The van der Waals surface area contributed by atoms with Crippen molar-refractivity contribution in [1.82, 2.24) is 0 Å². The van der Waals surface area contributed by atoms with Gasteiger partial charge in [-0.05, 0) is 12.1 Å². The number of phenolic OH excluding ortho intramolecular Hbond substituents is 1. The molecule has 0 radical (unpaired) electrons. The molecule has 1 heterocycles. The van der Waals surface area contributed by atoms with E-state index in [0.717, 1.165) is 0 Å². The zero-order chi connectivity index (χ0) is 11.7. The molecule has 0 aliphatic carbocycles. The van der Waals surface area contributed by atoms with Crippen molar-refractivity contribution in [3.8, 4) is 5.75 Å². The highest BCUT2D eigenvalue weighted by atomic mass is 35.5. The molecule has 0 saturated carbocycles. The summed E-state index contributed by atoms with van der Waals surface area (Å²) in [6.07, 6.45) is 2.20. The number of para-hydroxylation sites is 1. The van der Waals surface area contributed by atoms with Gasteiger partial charge in [-0.1, -0.05) is 23.7 Å². The van der Waals surface area contributed by atoms with E-state index >= 15 is 0 Å². The number of hydrogen-bond acceptors (Lipinski definition) is 2. The normalized spacial score (nSPS) is 20.2. The largest absolute Gasteiger partial charge is 0.504 e. The van der Waals surface area contributed by atoms with Gasteiger partial charge in [0.1, 0.15) is 0 Å². The summed E-state index contributed by atoms with van der Waals surface area (Å²) in [6, 6.07) is 4.99. The molecule has 1 amide bonds. The van der Waals surface area contributed by atoms with E-state index in [4.69, 9.17) is 11.6 Å². The van der Waals surface area contributed by atoms with Gasteiger partial charge in [-0.15, -0.1) is 6.58 Å². The topological polar surface area (TPSA) is 40.5 Å². The van der Waals surface area contributed by atoms with Gasteiger partial charge < -0.3 is 10.0 Å². The van der Waals surface area contributed by atoms with Crippen molar-refractivity contribution in [3.63, 3.8) is 0 Å². The maximum Gasteiger partial charge on any atom is 0.227 e. The van der Waals surface area contributed by atoms with Gasteiger partial charge in [0.05, 0.1) is 10.7 Å². The standard InChI is InChI=1S/C12H12ClNO2/c1-2-8-6-11(15)14(7-8)10-5-3-4-9(13)12(10)16/h2-5,8,16H,1,6-7H2. The first-order valence-electron chi connectivity index (χ1n) is 5.04. The number of anilines is 1. The van der Waals surface area contributed by atoms with Crippen molar-refractivity contribution in [3.05, 3.63) is 35.9 Å². The second kappa shape index (κ2) is 4.18. The second-order valence-corrected chi connectivity index (χ2v) is 4.22. The Hall–Kier alpha value is -1.48. The third kappa shape index (κ3) is 1.78. The van der Waals surface area contributed by atoms with Crippen LogP contribution >= 0.6 is 11.6 Å². The molecule has 1 unspecified atom stereocenters. The van der Waals surface area contributed by atoms with Gasteiger partial charge in [-0.25, -0.2) is 0 Å². The lowest BCUT2D eigenvalue weighted by Crippen LogP contribution is -2.24. The van der Waals surface area contributed by atoms with Gasteiger partial charge in [0, 0.05) is 18.9 Å². The molecular formula is C12H12ClNO2. The van der Waals surface area contributed by atoms with Crippen molar-refractivity contribution in [2.75, 3.05) is 11.4 Å². The summed E-state index contributed by atoms with van der Waals surface area (Å²) in [4.78, 5) is 13.3. The Kier molecular flexibility index (Phi) is 2.88. The maximum atomic E-state index is 11.7. The molecule has 1 aliphatic heterocycles. The molecule has 1 aromatic carbocycles. The molecule has 1 atom stereocenters. The number of benzene rings is 1. The quantitative estimate of drug-likeness (QED) is 0.804. The highest BCUT2D eigenvalue weighted by Gasteiger charge is 2.30. The van der Waals surface area contributed by atoms with E-state index in [1.807, 2.05) is 0 Å². The van der Waals surface area contributed by atoms with Crippen LogP contribution in [0.25, 0.3) is 0 Å². The van der Waals surface area contributed by atoms with Crippen molar-refractivity contribution >= 4 is 23.2 Å². The summed E-state index contributed by atoms with van der Waals surface area (Å²) in [7, 11) is 0. The predicted molar refractivity (Wildman–Crippen MR) is 63.8 cm³/mol. The van der Waals surface area contributed by atoms with Crippen molar-refractivity contribution in [2.24, 2.45) is 5.92 Å². The average Bonchev–Trinajstić information content (AvgIpc) is 2.64. The fourth-order valence-electron chi connectivity index (χ4n) is 1.85. The smallest absolute Gasteiger partial charge is 0.227 e. The lowest BCUT2D eigenvalue weighted by Gasteiger charge is -2.17. The third-order valence-electron chi connectivity index (χ3n) is 2.74. The summed E-state index contributed by atoms with van der Waals surface area (Å²) < 4.78 is 0. The molecule has 16 heavy (non-hydrogen) atoms. The van der Waals surface area contributed by atoms with Gasteiger partial charge in [-0.2, -0.15) is 0 Å². The Bertz CT molecular complexity index is 445. The number of halogens is 1. The van der Waals surface area contributed by atoms with E-state index < -0.39 is 0 Å². The number of hydrogen-bond donors (Lipinski definition) is 1. The Labute approximate surface area is 98.9 Å². The van der Waals surface area contributed by atoms with Crippen LogP contribution in [0, 0.1) is 5.92 Å². The number of carbonyl (C=O) groups is 1. The van der Waals surface area contributed by atoms with Crippen LogP contribution in [-0.2, 0) is 4.79 Å². The van der Waals surface area contributed by atoms with Crippen LogP contribution in [0.15, 0.2) is 30.9 Å². The molecular weight excluding hydrogens is 226 g/mol. The Balaban J connectivity index is 2.35. The highest BCUT2D eigenvalue weighted by molar-refractivity contribution is 6.32. The molecule has 1 fully saturated rings. The summed E-state index contributed by atoms with van der Waals surface area (Å²) in [5.41, 5.74) is 0.474. The van der Waals surface area contributed by atoms with Gasteiger partial charge >= 0.3 is 0 Å². The zero-order valence-electron chi connectivity index (χ0n) is 8.69. The van der Waals surface area contributed by atoms with E-state index in [1.54, 1.807) is 29.2 Å². The van der Waals surface area contributed by atoms with Gasteiger partial charge in [-0.3, -0.25) is 4.79 Å². The minimum atomic E-state index is -0.0396. The predicted octanol–water partition coefficient (Wildman–Crippen LogP) is 2.58. The van der Waals surface area contributed by atoms with Crippen molar-refractivity contribution in [2.45, 2.75) is 6.42 Å². The second-order valence-electron chi connectivity index (χ2n) is 3.81. The van der Waals surface area contributed by atoms with Crippen LogP contribution in [0.5, 0.6) is 5.75 Å². The molecule has 0 spiro atoms. The molecule has 1 aromatic rings. The molecule has 4 heteroatoms. The minimum absolute atomic E-state index is 0.0116. The highest BCUT2D eigenvalue weighted by Crippen LogP contribution is 2.37. The maximum absolute atomic E-state index is 11.7. The van der Waals surface area contributed by atoms with Gasteiger partial charge in [0.15, 0.2) is 5.75 Å². The lowest BCUT2D eigenvalue weighted by atomic mass is 10.1.